The van der Waals surface area contributed by atoms with Crippen molar-refractivity contribution in [1.29, 1.82) is 0 Å². The SMILES string of the molecule is C#CC(C)c1cc([N+](=O)[O-])ccc1F. The van der Waals surface area contributed by atoms with Gasteiger partial charge in [-0.05, 0) is 13.0 Å². The summed E-state index contributed by atoms with van der Waals surface area (Å²) in [5.41, 5.74) is 0.0326. The molecule has 0 aliphatic carbocycles. The van der Waals surface area contributed by atoms with Gasteiger partial charge in [0.2, 0.25) is 0 Å². The molecule has 0 heterocycles. The molecule has 0 aliphatic rings. The topological polar surface area (TPSA) is 43.1 Å². The Bertz CT molecular complexity index is 409. The van der Waals surface area contributed by atoms with E-state index in [0.717, 1.165) is 12.1 Å². The molecule has 0 amide bonds. The first-order valence-corrected chi connectivity index (χ1v) is 3.96. The largest absolute Gasteiger partial charge is 0.269 e. The molecule has 1 unspecified atom stereocenters. The van der Waals surface area contributed by atoms with Crippen molar-refractivity contribution in [1.82, 2.24) is 0 Å². The molecule has 0 spiro atoms. The number of hydrogen-bond donors (Lipinski definition) is 0. The first-order valence-electron chi connectivity index (χ1n) is 3.96. The lowest BCUT2D eigenvalue weighted by molar-refractivity contribution is -0.385. The van der Waals surface area contributed by atoms with Crippen LogP contribution >= 0.6 is 0 Å². The lowest BCUT2D eigenvalue weighted by atomic mass is 10.0. The first-order chi connectivity index (χ1) is 6.56. The lowest BCUT2D eigenvalue weighted by Gasteiger charge is -2.05. The minimum absolute atomic E-state index is 0.150. The summed E-state index contributed by atoms with van der Waals surface area (Å²) in [7, 11) is 0. The van der Waals surface area contributed by atoms with Gasteiger partial charge in [-0.15, -0.1) is 6.42 Å². The van der Waals surface area contributed by atoms with Crippen LogP contribution in [0.1, 0.15) is 18.4 Å². The van der Waals surface area contributed by atoms with Crippen LogP contribution in [0.15, 0.2) is 18.2 Å². The van der Waals surface area contributed by atoms with E-state index in [2.05, 4.69) is 5.92 Å². The number of nitrogens with zero attached hydrogens (tertiary/aromatic N) is 1. The fourth-order valence-corrected chi connectivity index (χ4v) is 1.07. The van der Waals surface area contributed by atoms with Gasteiger partial charge in [-0.1, -0.05) is 5.92 Å². The summed E-state index contributed by atoms with van der Waals surface area (Å²) in [5, 5.41) is 10.4. The second kappa shape index (κ2) is 3.88. The van der Waals surface area contributed by atoms with E-state index in [0.29, 0.717) is 0 Å². The molecular weight excluding hydrogens is 185 g/mol. The molecule has 0 saturated carbocycles. The minimum Gasteiger partial charge on any atom is -0.258 e. The highest BCUT2D eigenvalue weighted by Gasteiger charge is 2.14. The van der Waals surface area contributed by atoms with Crippen molar-refractivity contribution in [3.05, 3.63) is 39.7 Å². The number of non-ortho nitro benzene ring substituents is 1. The second-order valence-electron chi connectivity index (χ2n) is 2.85. The van der Waals surface area contributed by atoms with E-state index in [1.54, 1.807) is 6.92 Å². The molecule has 4 heteroatoms. The third kappa shape index (κ3) is 1.88. The molecular formula is C10H8FNO2. The van der Waals surface area contributed by atoms with Gasteiger partial charge >= 0.3 is 0 Å². The summed E-state index contributed by atoms with van der Waals surface area (Å²) < 4.78 is 13.2. The Balaban J connectivity index is 3.23. The van der Waals surface area contributed by atoms with Crippen LogP contribution in [0.25, 0.3) is 0 Å². The van der Waals surface area contributed by atoms with Crippen molar-refractivity contribution < 1.29 is 9.31 Å². The smallest absolute Gasteiger partial charge is 0.258 e. The van der Waals surface area contributed by atoms with Crippen LogP contribution in [0, 0.1) is 28.3 Å². The Kier molecular flexibility index (Phi) is 2.82. The van der Waals surface area contributed by atoms with E-state index in [1.807, 2.05) is 0 Å². The maximum atomic E-state index is 13.2. The number of terminal acetylenes is 1. The number of benzene rings is 1. The van der Waals surface area contributed by atoms with Crippen molar-refractivity contribution in [3.63, 3.8) is 0 Å². The van der Waals surface area contributed by atoms with Gasteiger partial charge in [-0.3, -0.25) is 10.1 Å². The van der Waals surface area contributed by atoms with Crippen LogP contribution < -0.4 is 0 Å². The number of nitro benzene ring substituents is 1. The zero-order chi connectivity index (χ0) is 10.7. The number of rotatable bonds is 2. The van der Waals surface area contributed by atoms with Crippen molar-refractivity contribution in [2.45, 2.75) is 12.8 Å². The van der Waals surface area contributed by atoms with Gasteiger partial charge in [0.1, 0.15) is 5.82 Å². The molecule has 0 aromatic heterocycles. The normalized spacial score (nSPS) is 11.8. The highest BCUT2D eigenvalue weighted by molar-refractivity contribution is 5.39. The molecule has 0 radical (unpaired) electrons. The van der Waals surface area contributed by atoms with E-state index >= 15 is 0 Å². The fraction of sp³-hybridized carbons (Fsp3) is 0.200. The van der Waals surface area contributed by atoms with Crippen LogP contribution in [-0.4, -0.2) is 4.92 Å². The minimum atomic E-state index is -0.577. The Morgan fingerprint density at radius 2 is 2.29 bits per heavy atom. The first kappa shape index (κ1) is 10.2. The molecule has 1 aromatic rings. The van der Waals surface area contributed by atoms with E-state index in [9.17, 15) is 14.5 Å². The van der Waals surface area contributed by atoms with E-state index in [4.69, 9.17) is 6.42 Å². The molecule has 0 saturated heterocycles. The van der Waals surface area contributed by atoms with Crippen molar-refractivity contribution in [2.24, 2.45) is 0 Å². The van der Waals surface area contributed by atoms with Crippen molar-refractivity contribution in [3.8, 4) is 12.3 Å². The summed E-state index contributed by atoms with van der Waals surface area (Å²) in [6.07, 6.45) is 5.11. The third-order valence-corrected chi connectivity index (χ3v) is 1.91. The standard InChI is InChI=1S/C10H8FNO2/c1-3-7(2)9-6-8(12(13)14)4-5-10(9)11/h1,4-7H,2H3. The quantitative estimate of drug-likeness (QED) is 0.411. The molecule has 1 aromatic carbocycles. The van der Waals surface area contributed by atoms with Gasteiger partial charge in [0.25, 0.3) is 5.69 Å². The van der Waals surface area contributed by atoms with Crippen LogP contribution in [-0.2, 0) is 0 Å². The molecule has 72 valence electrons. The Morgan fingerprint density at radius 3 is 2.79 bits per heavy atom. The Morgan fingerprint density at radius 1 is 1.64 bits per heavy atom. The highest BCUT2D eigenvalue weighted by Crippen LogP contribution is 2.23. The lowest BCUT2D eigenvalue weighted by Crippen LogP contribution is -1.97. The van der Waals surface area contributed by atoms with Crippen LogP contribution in [0.5, 0.6) is 0 Å². The molecule has 1 atom stereocenters. The molecule has 0 aliphatic heterocycles. The molecule has 0 fully saturated rings. The Labute approximate surface area is 80.7 Å². The molecule has 14 heavy (non-hydrogen) atoms. The maximum Gasteiger partial charge on any atom is 0.269 e. The highest BCUT2D eigenvalue weighted by atomic mass is 19.1. The predicted molar refractivity (Wildman–Crippen MR) is 50.3 cm³/mol. The van der Waals surface area contributed by atoms with Crippen LogP contribution in [0.3, 0.4) is 0 Å². The van der Waals surface area contributed by atoms with Gasteiger partial charge in [-0.25, -0.2) is 4.39 Å². The third-order valence-electron chi connectivity index (χ3n) is 1.91. The second-order valence-corrected chi connectivity index (χ2v) is 2.85. The van der Waals surface area contributed by atoms with E-state index < -0.39 is 16.7 Å². The number of halogens is 1. The predicted octanol–water partition coefficient (Wildman–Crippen LogP) is 2.47. The summed E-state index contributed by atoms with van der Waals surface area (Å²) in [6.45, 7) is 1.61. The molecule has 0 bridgehead atoms. The molecule has 0 N–H and O–H groups in total. The van der Waals surface area contributed by atoms with Crippen molar-refractivity contribution >= 4 is 5.69 Å². The van der Waals surface area contributed by atoms with Crippen molar-refractivity contribution in [2.75, 3.05) is 0 Å². The number of nitro groups is 1. The van der Waals surface area contributed by atoms with E-state index in [1.165, 1.54) is 6.07 Å². The van der Waals surface area contributed by atoms with Crippen LogP contribution in [0.4, 0.5) is 10.1 Å². The number of hydrogen-bond acceptors (Lipinski definition) is 2. The monoisotopic (exact) mass is 193 g/mol. The zero-order valence-corrected chi connectivity index (χ0v) is 7.53. The summed E-state index contributed by atoms with van der Waals surface area (Å²) in [6, 6.07) is 3.34. The average Bonchev–Trinajstić information content (AvgIpc) is 2.17. The molecule has 3 nitrogen and oxygen atoms in total. The summed E-state index contributed by atoms with van der Waals surface area (Å²) >= 11 is 0. The van der Waals surface area contributed by atoms with Gasteiger partial charge in [0.15, 0.2) is 0 Å². The van der Waals surface area contributed by atoms with Gasteiger partial charge in [0.05, 0.1) is 4.92 Å². The zero-order valence-electron chi connectivity index (χ0n) is 7.53. The molecule has 1 rings (SSSR count). The summed E-state index contributed by atoms with van der Waals surface area (Å²) in [4.78, 5) is 9.83. The van der Waals surface area contributed by atoms with Gasteiger partial charge in [-0.2, -0.15) is 0 Å². The maximum absolute atomic E-state index is 13.2. The van der Waals surface area contributed by atoms with Gasteiger partial charge < -0.3 is 0 Å². The summed E-state index contributed by atoms with van der Waals surface area (Å²) in [5.74, 6) is 1.35. The van der Waals surface area contributed by atoms with Crippen LogP contribution in [0.2, 0.25) is 0 Å². The van der Waals surface area contributed by atoms with E-state index in [-0.39, 0.29) is 11.3 Å². The average molecular weight is 193 g/mol. The Hall–Kier alpha value is -1.89. The van der Waals surface area contributed by atoms with Gasteiger partial charge in [0, 0.05) is 23.6 Å². The fourth-order valence-electron chi connectivity index (χ4n) is 1.07.